The third-order valence-corrected chi connectivity index (χ3v) is 5.88. The van der Waals surface area contributed by atoms with Crippen LogP contribution in [0.15, 0.2) is 66.2 Å². The largest absolute Gasteiger partial charge is 0.357 e. The Bertz CT molecular complexity index is 955. The summed E-state index contributed by atoms with van der Waals surface area (Å²) in [6, 6.07) is 16.5. The first-order valence-electron chi connectivity index (χ1n) is 10.5. The van der Waals surface area contributed by atoms with Gasteiger partial charge in [-0.2, -0.15) is 0 Å². The minimum absolute atomic E-state index is 0.221. The monoisotopic (exact) mass is 436 g/mol. The first kappa shape index (κ1) is 22.5. The maximum absolute atomic E-state index is 12.9. The maximum Gasteiger partial charge on any atom is 0.262 e. The van der Waals surface area contributed by atoms with E-state index in [2.05, 4.69) is 34.4 Å². The highest BCUT2D eigenvalue weighted by Gasteiger charge is 2.22. The number of hydrogen-bond acceptors (Lipinski definition) is 5. The van der Waals surface area contributed by atoms with Gasteiger partial charge in [-0.1, -0.05) is 42.5 Å². The normalized spacial score (nSPS) is 11.5. The van der Waals surface area contributed by atoms with Gasteiger partial charge in [0.1, 0.15) is 11.9 Å². The molecule has 0 radical (unpaired) electrons. The van der Waals surface area contributed by atoms with E-state index in [1.807, 2.05) is 53.9 Å². The van der Waals surface area contributed by atoms with E-state index in [1.54, 1.807) is 12.3 Å². The van der Waals surface area contributed by atoms with Crippen molar-refractivity contribution in [3.8, 4) is 0 Å². The Balaban J connectivity index is 1.65. The summed E-state index contributed by atoms with van der Waals surface area (Å²) >= 11 is 1.35. The number of nitrogens with zero attached hydrogens (tertiary/aromatic N) is 2. The van der Waals surface area contributed by atoms with E-state index < -0.39 is 6.04 Å². The summed E-state index contributed by atoms with van der Waals surface area (Å²) in [5, 5.41) is 7.67. The van der Waals surface area contributed by atoms with Crippen molar-refractivity contribution in [2.24, 2.45) is 0 Å². The molecule has 3 rings (SSSR count). The van der Waals surface area contributed by atoms with Gasteiger partial charge in [-0.25, -0.2) is 4.98 Å². The number of amides is 2. The lowest BCUT2D eigenvalue weighted by atomic mass is 10.0. The number of carbonyl (C=O) groups excluding carboxylic acids is 2. The zero-order chi connectivity index (χ0) is 22.1. The lowest BCUT2D eigenvalue weighted by molar-refractivity contribution is -0.123. The van der Waals surface area contributed by atoms with Gasteiger partial charge in [-0.05, 0) is 42.5 Å². The molecule has 0 saturated heterocycles. The SMILES string of the molecule is CCN(CC)c1ccc(CNC(=O)C(Cc2ccccc2)NC(=O)c2cccs2)cn1. The average Bonchev–Trinajstić information content (AvgIpc) is 3.34. The number of nitrogens with one attached hydrogen (secondary N) is 2. The molecule has 0 spiro atoms. The van der Waals surface area contributed by atoms with Crippen LogP contribution in [0.5, 0.6) is 0 Å². The molecule has 31 heavy (non-hydrogen) atoms. The average molecular weight is 437 g/mol. The molecule has 3 aromatic rings. The van der Waals surface area contributed by atoms with Gasteiger partial charge in [0.2, 0.25) is 5.91 Å². The summed E-state index contributed by atoms with van der Waals surface area (Å²) in [5.74, 6) is 0.461. The standard InChI is InChI=1S/C24H28N4O2S/c1-3-28(4-2)22-13-12-19(16-25-22)17-26-23(29)20(15-18-9-6-5-7-10-18)27-24(30)21-11-8-14-31-21/h5-14,16,20H,3-4,15,17H2,1-2H3,(H,26,29)(H,27,30). The van der Waals surface area contributed by atoms with E-state index in [9.17, 15) is 9.59 Å². The Hall–Kier alpha value is -3.19. The molecule has 6 nitrogen and oxygen atoms in total. The van der Waals surface area contributed by atoms with Gasteiger partial charge in [-0.15, -0.1) is 11.3 Å². The lowest BCUT2D eigenvalue weighted by Crippen LogP contribution is -2.47. The van der Waals surface area contributed by atoms with Crippen molar-refractivity contribution in [2.75, 3.05) is 18.0 Å². The summed E-state index contributed by atoms with van der Waals surface area (Å²) < 4.78 is 0. The van der Waals surface area contributed by atoms with Gasteiger partial charge in [0.15, 0.2) is 0 Å². The number of thiophene rings is 1. The molecule has 1 unspecified atom stereocenters. The van der Waals surface area contributed by atoms with Crippen LogP contribution in [0.2, 0.25) is 0 Å². The number of carbonyl (C=O) groups is 2. The number of hydrogen-bond donors (Lipinski definition) is 2. The van der Waals surface area contributed by atoms with Gasteiger partial charge in [0.25, 0.3) is 5.91 Å². The second-order valence-electron chi connectivity index (χ2n) is 7.11. The zero-order valence-corrected chi connectivity index (χ0v) is 18.7. The molecule has 2 aromatic heterocycles. The number of anilines is 1. The lowest BCUT2D eigenvalue weighted by Gasteiger charge is -2.20. The van der Waals surface area contributed by atoms with E-state index in [0.717, 1.165) is 30.0 Å². The molecular weight excluding hydrogens is 408 g/mol. The molecular formula is C24H28N4O2S. The number of rotatable bonds is 10. The van der Waals surface area contributed by atoms with E-state index in [1.165, 1.54) is 11.3 Å². The molecule has 2 amide bonds. The van der Waals surface area contributed by atoms with Crippen LogP contribution in [0.1, 0.15) is 34.6 Å². The molecule has 0 aliphatic carbocycles. The molecule has 1 aromatic carbocycles. The number of aromatic nitrogens is 1. The first-order chi connectivity index (χ1) is 15.1. The fraction of sp³-hybridized carbons (Fsp3) is 0.292. The van der Waals surface area contributed by atoms with E-state index >= 15 is 0 Å². The van der Waals surface area contributed by atoms with Crippen molar-refractivity contribution in [3.05, 3.63) is 82.2 Å². The quantitative estimate of drug-likeness (QED) is 0.509. The topological polar surface area (TPSA) is 74.3 Å². The van der Waals surface area contributed by atoms with Crippen molar-refractivity contribution in [1.29, 1.82) is 0 Å². The van der Waals surface area contributed by atoms with Crippen LogP contribution < -0.4 is 15.5 Å². The highest BCUT2D eigenvalue weighted by molar-refractivity contribution is 7.12. The summed E-state index contributed by atoms with van der Waals surface area (Å²) in [6.45, 7) is 6.33. The van der Waals surface area contributed by atoms with Crippen molar-refractivity contribution in [2.45, 2.75) is 32.9 Å². The molecule has 0 bridgehead atoms. The minimum Gasteiger partial charge on any atom is -0.357 e. The van der Waals surface area contributed by atoms with Gasteiger partial charge < -0.3 is 15.5 Å². The van der Waals surface area contributed by atoms with Crippen molar-refractivity contribution >= 4 is 29.0 Å². The molecule has 0 aliphatic rings. The van der Waals surface area contributed by atoms with E-state index in [-0.39, 0.29) is 11.8 Å². The molecule has 0 fully saturated rings. The Morgan fingerprint density at radius 1 is 1.00 bits per heavy atom. The minimum atomic E-state index is -0.667. The summed E-state index contributed by atoms with van der Waals surface area (Å²) in [4.78, 5) is 32.7. The number of benzene rings is 1. The molecule has 7 heteroatoms. The molecule has 2 N–H and O–H groups in total. The Kier molecular flexibility index (Phi) is 8.18. The van der Waals surface area contributed by atoms with Gasteiger partial charge in [-0.3, -0.25) is 9.59 Å². The van der Waals surface area contributed by atoms with Gasteiger partial charge in [0, 0.05) is 32.3 Å². The van der Waals surface area contributed by atoms with Crippen molar-refractivity contribution in [3.63, 3.8) is 0 Å². The molecule has 162 valence electrons. The first-order valence-corrected chi connectivity index (χ1v) is 11.3. The Morgan fingerprint density at radius 2 is 1.77 bits per heavy atom. The van der Waals surface area contributed by atoms with Crippen LogP contribution in [0.4, 0.5) is 5.82 Å². The zero-order valence-electron chi connectivity index (χ0n) is 17.9. The van der Waals surface area contributed by atoms with Crippen LogP contribution in [-0.2, 0) is 17.8 Å². The van der Waals surface area contributed by atoms with Crippen molar-refractivity contribution in [1.82, 2.24) is 15.6 Å². The number of pyridine rings is 1. The summed E-state index contributed by atoms with van der Waals surface area (Å²) in [7, 11) is 0. The fourth-order valence-corrected chi connectivity index (χ4v) is 3.89. The Labute approximate surface area is 187 Å². The van der Waals surface area contributed by atoms with E-state index in [0.29, 0.717) is 17.8 Å². The smallest absolute Gasteiger partial charge is 0.262 e. The summed E-state index contributed by atoms with van der Waals surface area (Å²) in [5.41, 5.74) is 1.90. The highest BCUT2D eigenvalue weighted by Crippen LogP contribution is 2.12. The third kappa shape index (κ3) is 6.39. The van der Waals surface area contributed by atoms with Crippen LogP contribution in [0.25, 0.3) is 0 Å². The fourth-order valence-electron chi connectivity index (χ4n) is 3.26. The second kappa shape index (κ2) is 11.3. The van der Waals surface area contributed by atoms with Gasteiger partial charge >= 0.3 is 0 Å². The van der Waals surface area contributed by atoms with Crippen LogP contribution in [0, 0.1) is 0 Å². The molecule has 0 aliphatic heterocycles. The Morgan fingerprint density at radius 3 is 2.39 bits per heavy atom. The molecule has 0 saturated carbocycles. The van der Waals surface area contributed by atoms with Gasteiger partial charge in [0.05, 0.1) is 4.88 Å². The summed E-state index contributed by atoms with van der Waals surface area (Å²) in [6.07, 6.45) is 2.20. The van der Waals surface area contributed by atoms with Crippen LogP contribution in [0.3, 0.4) is 0 Å². The van der Waals surface area contributed by atoms with Crippen LogP contribution >= 0.6 is 11.3 Å². The predicted molar refractivity (Wildman–Crippen MR) is 125 cm³/mol. The maximum atomic E-state index is 12.9. The second-order valence-corrected chi connectivity index (χ2v) is 8.06. The third-order valence-electron chi connectivity index (χ3n) is 5.01. The molecule has 1 atom stereocenters. The molecule has 2 heterocycles. The predicted octanol–water partition coefficient (Wildman–Crippen LogP) is 3.65. The van der Waals surface area contributed by atoms with E-state index in [4.69, 9.17) is 0 Å². The highest BCUT2D eigenvalue weighted by atomic mass is 32.1. The van der Waals surface area contributed by atoms with Crippen LogP contribution in [-0.4, -0.2) is 35.9 Å². The van der Waals surface area contributed by atoms with Crippen molar-refractivity contribution < 1.29 is 9.59 Å².